The van der Waals surface area contributed by atoms with Crippen LogP contribution in [0.25, 0.3) is 0 Å². The van der Waals surface area contributed by atoms with Gasteiger partial charge in [0, 0.05) is 30.3 Å². The van der Waals surface area contributed by atoms with Crippen LogP contribution >= 0.6 is 0 Å². The van der Waals surface area contributed by atoms with Gasteiger partial charge in [0.25, 0.3) is 0 Å². The van der Waals surface area contributed by atoms with E-state index in [1.54, 1.807) is 12.4 Å². The second-order valence-electron chi connectivity index (χ2n) is 1.02. The molecule has 1 aromatic heterocycles. The molecule has 35 valence electrons. The number of rotatable bonds is 0. The molecule has 1 aromatic rings. The van der Waals surface area contributed by atoms with E-state index in [1.807, 2.05) is 18.2 Å². The van der Waals surface area contributed by atoms with E-state index >= 15 is 0 Å². The van der Waals surface area contributed by atoms with E-state index in [-0.39, 0.29) is 18.0 Å². The zero-order valence-electron chi connectivity index (χ0n) is 3.78. The molecule has 0 unspecified atom stereocenters. The van der Waals surface area contributed by atoms with Gasteiger partial charge >= 0.3 is 0 Å². The standard InChI is InChI=1S/C5H5N.As/c1-2-4-6-5-3-1;/h1-5H;. The first kappa shape index (κ1) is 6.71. The van der Waals surface area contributed by atoms with Gasteiger partial charge < -0.3 is 0 Å². The van der Waals surface area contributed by atoms with E-state index in [9.17, 15) is 0 Å². The van der Waals surface area contributed by atoms with Crippen LogP contribution in [0, 0.1) is 0 Å². The molecule has 0 aliphatic carbocycles. The van der Waals surface area contributed by atoms with Crippen LogP contribution in [0.3, 0.4) is 0 Å². The molecular formula is C5H5AsN. The SMILES string of the molecule is [As].c1ccncc1. The minimum atomic E-state index is 0. The van der Waals surface area contributed by atoms with Crippen LogP contribution in [0.1, 0.15) is 0 Å². The van der Waals surface area contributed by atoms with Crippen molar-refractivity contribution in [1.82, 2.24) is 4.98 Å². The fraction of sp³-hybridized carbons (Fsp3) is 0. The van der Waals surface area contributed by atoms with E-state index in [4.69, 9.17) is 0 Å². The molecule has 0 atom stereocenters. The molecule has 0 amide bonds. The number of pyridine rings is 1. The molecule has 7 heavy (non-hydrogen) atoms. The summed E-state index contributed by atoms with van der Waals surface area (Å²) >= 11 is 0. The van der Waals surface area contributed by atoms with Crippen molar-refractivity contribution in [2.75, 3.05) is 0 Å². The Balaban J connectivity index is 0.000000360. The summed E-state index contributed by atoms with van der Waals surface area (Å²) in [7, 11) is 0. The molecule has 0 aliphatic heterocycles. The average molecular weight is 154 g/mol. The predicted octanol–water partition coefficient (Wildman–Crippen LogP) is 0.701. The Kier molecular flexibility index (Phi) is 3.72. The van der Waals surface area contributed by atoms with E-state index < -0.39 is 0 Å². The Morgan fingerprint density at radius 2 is 1.43 bits per heavy atom. The maximum atomic E-state index is 3.78. The molecule has 1 heterocycles. The topological polar surface area (TPSA) is 12.9 Å². The number of hydrogen-bond acceptors (Lipinski definition) is 1. The fourth-order valence-corrected chi connectivity index (χ4v) is 0.313. The van der Waals surface area contributed by atoms with Crippen LogP contribution in [0.15, 0.2) is 30.6 Å². The van der Waals surface area contributed by atoms with Gasteiger partial charge in [-0.1, -0.05) is 6.07 Å². The first-order chi connectivity index (χ1) is 3.00. The summed E-state index contributed by atoms with van der Waals surface area (Å²) in [5.41, 5.74) is 0. The molecule has 0 spiro atoms. The quantitative estimate of drug-likeness (QED) is 0.501. The van der Waals surface area contributed by atoms with Crippen LogP contribution in [0.4, 0.5) is 0 Å². The van der Waals surface area contributed by atoms with Gasteiger partial charge in [0.05, 0.1) is 0 Å². The van der Waals surface area contributed by atoms with Crippen molar-refractivity contribution in [1.29, 1.82) is 0 Å². The van der Waals surface area contributed by atoms with Crippen LogP contribution in [0.5, 0.6) is 0 Å². The normalized spacial score (nSPS) is 6.86. The van der Waals surface area contributed by atoms with Crippen molar-refractivity contribution in [3.05, 3.63) is 30.6 Å². The van der Waals surface area contributed by atoms with Crippen molar-refractivity contribution in [3.8, 4) is 0 Å². The Morgan fingerprint density at radius 3 is 1.57 bits per heavy atom. The first-order valence-corrected chi connectivity index (χ1v) is 1.85. The molecule has 0 aliphatic rings. The molecule has 0 aromatic carbocycles. The number of nitrogens with zero attached hydrogens (tertiary/aromatic N) is 1. The molecule has 0 fully saturated rings. The Morgan fingerprint density at radius 1 is 0.857 bits per heavy atom. The first-order valence-electron chi connectivity index (χ1n) is 1.85. The number of aromatic nitrogens is 1. The molecule has 1 rings (SSSR count). The summed E-state index contributed by atoms with van der Waals surface area (Å²) in [6.07, 6.45) is 3.50. The monoisotopic (exact) mass is 154 g/mol. The molecule has 1 nitrogen and oxygen atoms in total. The van der Waals surface area contributed by atoms with Crippen LogP contribution in [-0.2, 0) is 0 Å². The Labute approximate surface area is 54.1 Å². The van der Waals surface area contributed by atoms with Gasteiger partial charge in [0.1, 0.15) is 0 Å². The van der Waals surface area contributed by atoms with Gasteiger partial charge in [0.15, 0.2) is 0 Å². The summed E-state index contributed by atoms with van der Waals surface area (Å²) in [6.45, 7) is 0. The predicted molar refractivity (Wildman–Crippen MR) is 30.0 cm³/mol. The second-order valence-corrected chi connectivity index (χ2v) is 1.02. The van der Waals surface area contributed by atoms with E-state index in [0.717, 1.165) is 0 Å². The molecule has 0 saturated heterocycles. The summed E-state index contributed by atoms with van der Waals surface area (Å²) in [5, 5.41) is 0. The third kappa shape index (κ3) is 2.41. The zero-order valence-corrected chi connectivity index (χ0v) is 5.66. The van der Waals surface area contributed by atoms with Gasteiger partial charge in [-0.2, -0.15) is 0 Å². The van der Waals surface area contributed by atoms with E-state index in [1.165, 1.54) is 0 Å². The van der Waals surface area contributed by atoms with Gasteiger partial charge in [-0.05, 0) is 12.1 Å². The molecular weight excluding hydrogens is 149 g/mol. The zero-order chi connectivity index (χ0) is 4.24. The summed E-state index contributed by atoms with van der Waals surface area (Å²) in [6, 6.07) is 5.72. The van der Waals surface area contributed by atoms with Crippen molar-refractivity contribution < 1.29 is 0 Å². The third-order valence-electron chi connectivity index (χ3n) is 0.566. The smallest absolute Gasteiger partial charge is 0.0267 e. The van der Waals surface area contributed by atoms with E-state index in [2.05, 4.69) is 4.98 Å². The molecule has 0 saturated carbocycles. The fourth-order valence-electron chi connectivity index (χ4n) is 0.313. The Hall–Kier alpha value is -0.292. The van der Waals surface area contributed by atoms with Gasteiger partial charge in [-0.15, -0.1) is 0 Å². The molecule has 3 radical (unpaired) electrons. The minimum absolute atomic E-state index is 0. The van der Waals surface area contributed by atoms with Crippen molar-refractivity contribution in [2.45, 2.75) is 0 Å². The van der Waals surface area contributed by atoms with Crippen molar-refractivity contribution in [3.63, 3.8) is 0 Å². The molecule has 0 N–H and O–H groups in total. The maximum absolute atomic E-state index is 3.78. The largest absolute Gasteiger partial charge is 0.265 e. The van der Waals surface area contributed by atoms with Gasteiger partial charge in [0.2, 0.25) is 0 Å². The van der Waals surface area contributed by atoms with E-state index in [0.29, 0.717) is 0 Å². The average Bonchev–Trinajstić information content (AvgIpc) is 1.72. The minimum Gasteiger partial charge on any atom is -0.265 e. The summed E-state index contributed by atoms with van der Waals surface area (Å²) < 4.78 is 0. The maximum Gasteiger partial charge on any atom is 0.0267 e. The molecule has 0 bridgehead atoms. The van der Waals surface area contributed by atoms with Gasteiger partial charge in [-0.3, -0.25) is 4.98 Å². The van der Waals surface area contributed by atoms with Crippen LogP contribution in [0.2, 0.25) is 0 Å². The molecule has 2 heteroatoms. The van der Waals surface area contributed by atoms with Crippen LogP contribution in [-0.4, -0.2) is 22.9 Å². The second kappa shape index (κ2) is 3.88. The number of hydrogen-bond donors (Lipinski definition) is 0. The van der Waals surface area contributed by atoms with Crippen molar-refractivity contribution in [2.24, 2.45) is 0 Å². The van der Waals surface area contributed by atoms with Crippen LogP contribution < -0.4 is 0 Å². The summed E-state index contributed by atoms with van der Waals surface area (Å²) in [5.74, 6) is 0. The summed E-state index contributed by atoms with van der Waals surface area (Å²) in [4.78, 5) is 3.78. The Bertz CT molecular complexity index is 80.0. The van der Waals surface area contributed by atoms with Crippen molar-refractivity contribution >= 4 is 18.0 Å². The third-order valence-corrected chi connectivity index (χ3v) is 0.566. The van der Waals surface area contributed by atoms with Gasteiger partial charge in [-0.25, -0.2) is 0 Å².